The summed E-state index contributed by atoms with van der Waals surface area (Å²) in [4.78, 5) is 14.9. The van der Waals surface area contributed by atoms with Crippen molar-refractivity contribution >= 4 is 23.5 Å². The number of aromatic nitrogens is 3. The maximum Gasteiger partial charge on any atom is 0.233 e. The lowest BCUT2D eigenvalue weighted by atomic mass is 10.1. The van der Waals surface area contributed by atoms with E-state index in [4.69, 9.17) is 0 Å². The van der Waals surface area contributed by atoms with Crippen LogP contribution in [0.4, 0.5) is 23.5 Å². The summed E-state index contributed by atoms with van der Waals surface area (Å²) in [6.45, 7) is 4.11. The van der Waals surface area contributed by atoms with Crippen LogP contribution in [0.15, 0.2) is 18.2 Å². The summed E-state index contributed by atoms with van der Waals surface area (Å²) in [5.74, 6) is 1.68. The quantitative estimate of drug-likeness (QED) is 0.890. The molecule has 0 aliphatic heterocycles. The van der Waals surface area contributed by atoms with Gasteiger partial charge in [-0.3, -0.25) is 0 Å². The van der Waals surface area contributed by atoms with E-state index in [2.05, 4.69) is 57.6 Å². The van der Waals surface area contributed by atoms with Gasteiger partial charge in [0.15, 0.2) is 0 Å². The van der Waals surface area contributed by atoms with Gasteiger partial charge in [-0.25, -0.2) is 0 Å². The Labute approximate surface area is 119 Å². The molecule has 2 N–H and O–H groups in total. The average molecular weight is 272 g/mol. The van der Waals surface area contributed by atoms with Crippen LogP contribution in [-0.2, 0) is 0 Å². The van der Waals surface area contributed by atoms with Crippen molar-refractivity contribution in [3.63, 3.8) is 0 Å². The van der Waals surface area contributed by atoms with Crippen molar-refractivity contribution < 1.29 is 0 Å². The Bertz CT molecular complexity index is 609. The monoisotopic (exact) mass is 272 g/mol. The molecule has 0 spiro atoms. The highest BCUT2D eigenvalue weighted by atomic mass is 15.3. The van der Waals surface area contributed by atoms with Crippen LogP contribution in [0.1, 0.15) is 11.1 Å². The van der Waals surface area contributed by atoms with Crippen LogP contribution in [0.25, 0.3) is 0 Å². The summed E-state index contributed by atoms with van der Waals surface area (Å²) in [6.07, 6.45) is 0. The van der Waals surface area contributed by atoms with Crippen molar-refractivity contribution in [2.24, 2.45) is 0 Å². The highest BCUT2D eigenvalue weighted by Crippen LogP contribution is 2.21. The van der Waals surface area contributed by atoms with Crippen molar-refractivity contribution in [1.29, 1.82) is 0 Å². The molecule has 2 aromatic rings. The molecule has 1 heterocycles. The molecule has 20 heavy (non-hydrogen) atoms. The molecule has 1 aromatic carbocycles. The molecule has 0 saturated heterocycles. The predicted octanol–water partition coefficient (Wildman–Crippen LogP) is 2.34. The molecule has 0 amide bonds. The van der Waals surface area contributed by atoms with Gasteiger partial charge in [0.1, 0.15) is 0 Å². The Morgan fingerprint density at radius 3 is 2.35 bits per heavy atom. The van der Waals surface area contributed by atoms with Crippen LogP contribution in [0.3, 0.4) is 0 Å². The molecule has 0 fully saturated rings. The van der Waals surface area contributed by atoms with Gasteiger partial charge in [-0.1, -0.05) is 12.1 Å². The molecule has 0 aliphatic rings. The van der Waals surface area contributed by atoms with E-state index < -0.39 is 0 Å². The van der Waals surface area contributed by atoms with Gasteiger partial charge in [-0.2, -0.15) is 15.0 Å². The third-order valence-electron chi connectivity index (χ3n) is 2.89. The molecular formula is C14H20N6. The van der Waals surface area contributed by atoms with Crippen LogP contribution >= 0.6 is 0 Å². The van der Waals surface area contributed by atoms with Crippen LogP contribution in [-0.4, -0.2) is 36.1 Å². The number of nitrogens with zero attached hydrogens (tertiary/aromatic N) is 4. The molecule has 106 valence electrons. The third-order valence-corrected chi connectivity index (χ3v) is 2.89. The number of rotatable bonds is 4. The second-order valence-electron chi connectivity index (χ2n) is 4.87. The third kappa shape index (κ3) is 3.14. The lowest BCUT2D eigenvalue weighted by molar-refractivity contribution is 0.962. The molecule has 6 nitrogen and oxygen atoms in total. The van der Waals surface area contributed by atoms with Gasteiger partial charge in [0.25, 0.3) is 0 Å². The van der Waals surface area contributed by atoms with Gasteiger partial charge in [0.05, 0.1) is 0 Å². The predicted molar refractivity (Wildman–Crippen MR) is 82.9 cm³/mol. The lowest BCUT2D eigenvalue weighted by Gasteiger charge is -2.14. The number of aryl methyl sites for hydroxylation is 2. The number of nitrogens with one attached hydrogen (secondary N) is 2. The Hall–Kier alpha value is -2.37. The number of hydrogen-bond donors (Lipinski definition) is 2. The first kappa shape index (κ1) is 14.0. The smallest absolute Gasteiger partial charge is 0.233 e. The Morgan fingerprint density at radius 2 is 1.70 bits per heavy atom. The van der Waals surface area contributed by atoms with E-state index in [1.807, 2.05) is 19.0 Å². The van der Waals surface area contributed by atoms with Crippen molar-refractivity contribution in [3.05, 3.63) is 29.3 Å². The summed E-state index contributed by atoms with van der Waals surface area (Å²) < 4.78 is 0. The molecule has 1 aromatic heterocycles. The molecule has 0 radical (unpaired) electrons. The van der Waals surface area contributed by atoms with Crippen LogP contribution in [0.2, 0.25) is 0 Å². The normalized spacial score (nSPS) is 10.2. The van der Waals surface area contributed by atoms with E-state index in [0.717, 1.165) is 11.3 Å². The zero-order valence-electron chi connectivity index (χ0n) is 12.5. The van der Waals surface area contributed by atoms with E-state index >= 15 is 0 Å². The molecule has 0 bridgehead atoms. The first-order chi connectivity index (χ1) is 9.49. The second-order valence-corrected chi connectivity index (χ2v) is 4.87. The molecule has 2 rings (SSSR count). The van der Waals surface area contributed by atoms with E-state index in [1.165, 1.54) is 5.56 Å². The van der Waals surface area contributed by atoms with E-state index in [-0.39, 0.29) is 0 Å². The minimum Gasteiger partial charge on any atom is -0.357 e. The van der Waals surface area contributed by atoms with E-state index in [1.54, 1.807) is 7.05 Å². The minimum absolute atomic E-state index is 0.529. The number of anilines is 4. The number of benzene rings is 1. The van der Waals surface area contributed by atoms with Crippen molar-refractivity contribution in [2.75, 3.05) is 36.7 Å². The Kier molecular flexibility index (Phi) is 4.02. The Morgan fingerprint density at radius 1 is 1.00 bits per heavy atom. The van der Waals surface area contributed by atoms with E-state index in [0.29, 0.717) is 17.8 Å². The van der Waals surface area contributed by atoms with Crippen LogP contribution < -0.4 is 15.5 Å². The minimum atomic E-state index is 0.529. The fraction of sp³-hybridized carbons (Fsp3) is 0.357. The summed E-state index contributed by atoms with van der Waals surface area (Å²) in [7, 11) is 5.59. The van der Waals surface area contributed by atoms with Gasteiger partial charge in [0.2, 0.25) is 17.8 Å². The van der Waals surface area contributed by atoms with Crippen molar-refractivity contribution in [3.8, 4) is 0 Å². The summed E-state index contributed by atoms with van der Waals surface area (Å²) in [6, 6.07) is 6.23. The van der Waals surface area contributed by atoms with Crippen LogP contribution in [0.5, 0.6) is 0 Å². The maximum absolute atomic E-state index is 4.40. The topological polar surface area (TPSA) is 66.0 Å². The summed E-state index contributed by atoms with van der Waals surface area (Å²) >= 11 is 0. The van der Waals surface area contributed by atoms with Gasteiger partial charge in [0, 0.05) is 26.8 Å². The maximum atomic E-state index is 4.40. The molecule has 0 atom stereocenters. The standard InChI is InChI=1S/C14H20N6/c1-9-6-7-10(2)11(8-9)16-13-17-12(15-3)18-14(19-13)20(4)5/h6-8H,1-5H3,(H2,15,16,17,18,19). The fourth-order valence-electron chi connectivity index (χ4n) is 1.72. The zero-order valence-corrected chi connectivity index (χ0v) is 12.5. The van der Waals surface area contributed by atoms with Crippen molar-refractivity contribution in [1.82, 2.24) is 15.0 Å². The molecule has 0 unspecified atom stereocenters. The fourth-order valence-corrected chi connectivity index (χ4v) is 1.72. The van der Waals surface area contributed by atoms with E-state index in [9.17, 15) is 0 Å². The van der Waals surface area contributed by atoms with Gasteiger partial charge >= 0.3 is 0 Å². The van der Waals surface area contributed by atoms with Gasteiger partial charge in [-0.15, -0.1) is 0 Å². The second kappa shape index (κ2) is 5.73. The average Bonchev–Trinajstić information content (AvgIpc) is 2.42. The lowest BCUT2D eigenvalue weighted by Crippen LogP contribution is -2.15. The zero-order chi connectivity index (χ0) is 14.7. The van der Waals surface area contributed by atoms with Crippen LogP contribution in [0, 0.1) is 13.8 Å². The van der Waals surface area contributed by atoms with Crippen molar-refractivity contribution in [2.45, 2.75) is 13.8 Å². The highest BCUT2D eigenvalue weighted by molar-refractivity contribution is 5.60. The largest absolute Gasteiger partial charge is 0.357 e. The Balaban J connectivity index is 2.37. The summed E-state index contributed by atoms with van der Waals surface area (Å²) in [5, 5.41) is 6.20. The molecule has 6 heteroatoms. The number of hydrogen-bond acceptors (Lipinski definition) is 6. The van der Waals surface area contributed by atoms with Gasteiger partial charge in [-0.05, 0) is 31.0 Å². The highest BCUT2D eigenvalue weighted by Gasteiger charge is 2.08. The van der Waals surface area contributed by atoms with Gasteiger partial charge < -0.3 is 15.5 Å². The SMILES string of the molecule is CNc1nc(Nc2cc(C)ccc2C)nc(N(C)C)n1. The first-order valence-electron chi connectivity index (χ1n) is 6.45. The molecular weight excluding hydrogens is 252 g/mol. The molecule has 0 aliphatic carbocycles. The first-order valence-corrected chi connectivity index (χ1v) is 6.45. The summed E-state index contributed by atoms with van der Waals surface area (Å²) in [5.41, 5.74) is 3.34. The molecule has 0 saturated carbocycles.